The molecule has 0 unspecified atom stereocenters. The summed E-state index contributed by atoms with van der Waals surface area (Å²) in [5, 5.41) is 10.1. The molecule has 11 heavy (non-hydrogen) atoms. The van der Waals surface area contributed by atoms with Crippen molar-refractivity contribution in [1.82, 2.24) is 0 Å². The Morgan fingerprint density at radius 3 is 2.82 bits per heavy atom. The maximum Gasteiger partial charge on any atom is 0.315 e. The Labute approximate surface area is 69.6 Å². The molecule has 1 heterocycles. The average Bonchev–Trinajstić information content (AvgIpc) is 2.46. The van der Waals surface area contributed by atoms with Crippen LogP contribution in [-0.4, -0.2) is 12.5 Å². The van der Waals surface area contributed by atoms with Crippen LogP contribution in [0.5, 0.6) is 0 Å². The minimum absolute atomic E-state index is 0.152. The molecular formula is C8H7BOS. The van der Waals surface area contributed by atoms with Crippen LogP contribution in [0, 0.1) is 0 Å². The highest BCUT2D eigenvalue weighted by Crippen LogP contribution is 2.17. The fraction of sp³-hybridized carbons (Fsp3) is 0. The van der Waals surface area contributed by atoms with Crippen LogP contribution < -0.4 is 4.78 Å². The van der Waals surface area contributed by atoms with Crippen molar-refractivity contribution in [3.05, 3.63) is 30.3 Å². The van der Waals surface area contributed by atoms with Crippen LogP contribution in [0.4, 0.5) is 0 Å². The second kappa shape index (κ2) is 2.68. The van der Waals surface area contributed by atoms with Crippen molar-refractivity contribution in [2.24, 2.45) is 0 Å². The highest BCUT2D eigenvalue weighted by atomic mass is 32.1. The van der Waals surface area contributed by atoms with Gasteiger partial charge in [-0.3, -0.25) is 0 Å². The zero-order valence-corrected chi connectivity index (χ0v) is 6.77. The van der Waals surface area contributed by atoms with Gasteiger partial charge in [-0.1, -0.05) is 18.2 Å². The number of hydrogen-bond acceptors (Lipinski definition) is 2. The van der Waals surface area contributed by atoms with Crippen molar-refractivity contribution in [2.45, 2.75) is 0 Å². The number of thiophene rings is 1. The number of benzene rings is 1. The molecule has 2 rings (SSSR count). The van der Waals surface area contributed by atoms with Crippen molar-refractivity contribution in [1.29, 1.82) is 0 Å². The van der Waals surface area contributed by atoms with E-state index in [9.17, 15) is 0 Å². The quantitative estimate of drug-likeness (QED) is 0.617. The van der Waals surface area contributed by atoms with E-state index < -0.39 is 0 Å². The first-order valence-corrected chi connectivity index (χ1v) is 4.30. The van der Waals surface area contributed by atoms with Crippen LogP contribution in [0.3, 0.4) is 0 Å². The van der Waals surface area contributed by atoms with Crippen molar-refractivity contribution < 1.29 is 5.02 Å². The lowest BCUT2D eigenvalue weighted by Gasteiger charge is -1.82. The third kappa shape index (κ3) is 1.17. The standard InChI is InChI=1S/C8H7BOS/c10-9-8-5-6-3-1-2-4-7(6)11-8/h1-5,9-10H. The molecule has 0 amide bonds. The van der Waals surface area contributed by atoms with Gasteiger partial charge in [0, 0.05) is 9.48 Å². The lowest BCUT2D eigenvalue weighted by molar-refractivity contribution is 0.616. The second-order valence-electron chi connectivity index (χ2n) is 2.41. The molecule has 1 aromatic carbocycles. The molecule has 2 aromatic rings. The van der Waals surface area contributed by atoms with Crippen LogP contribution in [-0.2, 0) is 0 Å². The van der Waals surface area contributed by atoms with Gasteiger partial charge in [-0.05, 0) is 17.5 Å². The highest BCUT2D eigenvalue weighted by molar-refractivity contribution is 7.26. The fourth-order valence-electron chi connectivity index (χ4n) is 1.11. The lowest BCUT2D eigenvalue weighted by Crippen LogP contribution is -2.06. The molecule has 0 bridgehead atoms. The molecule has 0 atom stereocenters. The zero-order chi connectivity index (χ0) is 7.68. The van der Waals surface area contributed by atoms with Gasteiger partial charge in [0.15, 0.2) is 0 Å². The number of hydrogen-bond donors (Lipinski definition) is 1. The summed E-state index contributed by atoms with van der Waals surface area (Å²) in [5.74, 6) is 0. The summed E-state index contributed by atoms with van der Waals surface area (Å²) in [6.07, 6.45) is 0. The average molecular weight is 162 g/mol. The first kappa shape index (κ1) is 6.89. The van der Waals surface area contributed by atoms with Crippen LogP contribution in [0.1, 0.15) is 0 Å². The predicted molar refractivity (Wildman–Crippen MR) is 50.8 cm³/mol. The minimum atomic E-state index is 0.152. The summed E-state index contributed by atoms with van der Waals surface area (Å²) in [6, 6.07) is 10.2. The summed E-state index contributed by atoms with van der Waals surface area (Å²) in [5.41, 5.74) is 0. The first-order chi connectivity index (χ1) is 5.40. The Kier molecular flexibility index (Phi) is 1.68. The number of fused-ring (bicyclic) bond motifs is 1. The predicted octanol–water partition coefficient (Wildman–Crippen LogP) is 0.870. The summed E-state index contributed by atoms with van der Waals surface area (Å²) < 4.78 is 2.28. The molecule has 1 aromatic heterocycles. The molecule has 54 valence electrons. The lowest BCUT2D eigenvalue weighted by atomic mass is 9.99. The maximum absolute atomic E-state index is 8.85. The fourth-order valence-corrected chi connectivity index (χ4v) is 2.04. The maximum atomic E-state index is 8.85. The Balaban J connectivity index is 2.69. The summed E-state index contributed by atoms with van der Waals surface area (Å²) in [6.45, 7) is 0. The van der Waals surface area contributed by atoms with E-state index in [-0.39, 0.29) is 7.48 Å². The molecule has 0 aliphatic carbocycles. The van der Waals surface area contributed by atoms with Gasteiger partial charge in [-0.25, -0.2) is 0 Å². The summed E-state index contributed by atoms with van der Waals surface area (Å²) in [7, 11) is 0.152. The van der Waals surface area contributed by atoms with Crippen molar-refractivity contribution in [2.75, 3.05) is 0 Å². The van der Waals surface area contributed by atoms with E-state index in [1.54, 1.807) is 11.3 Å². The monoisotopic (exact) mass is 162 g/mol. The normalized spacial score (nSPS) is 10.3. The van der Waals surface area contributed by atoms with Gasteiger partial charge in [0.25, 0.3) is 0 Å². The molecule has 0 saturated heterocycles. The number of rotatable bonds is 1. The molecular weight excluding hydrogens is 155 g/mol. The van der Waals surface area contributed by atoms with E-state index in [4.69, 9.17) is 5.02 Å². The topological polar surface area (TPSA) is 20.2 Å². The van der Waals surface area contributed by atoms with Crippen molar-refractivity contribution >= 4 is 33.7 Å². The zero-order valence-electron chi connectivity index (χ0n) is 5.95. The van der Waals surface area contributed by atoms with Crippen molar-refractivity contribution in [3.63, 3.8) is 0 Å². The second-order valence-corrected chi connectivity index (χ2v) is 3.58. The van der Waals surface area contributed by atoms with E-state index in [0.717, 1.165) is 4.78 Å². The third-order valence-corrected chi connectivity index (χ3v) is 2.73. The molecule has 0 spiro atoms. The van der Waals surface area contributed by atoms with Gasteiger partial charge in [0.05, 0.1) is 0 Å². The van der Waals surface area contributed by atoms with Crippen LogP contribution in [0.2, 0.25) is 0 Å². The van der Waals surface area contributed by atoms with Gasteiger partial charge < -0.3 is 5.02 Å². The van der Waals surface area contributed by atoms with E-state index in [2.05, 4.69) is 12.1 Å². The molecule has 0 aliphatic rings. The minimum Gasteiger partial charge on any atom is -0.449 e. The molecule has 3 heteroatoms. The van der Waals surface area contributed by atoms with E-state index in [1.165, 1.54) is 10.1 Å². The largest absolute Gasteiger partial charge is 0.449 e. The van der Waals surface area contributed by atoms with E-state index >= 15 is 0 Å². The first-order valence-electron chi connectivity index (χ1n) is 3.48. The van der Waals surface area contributed by atoms with E-state index in [1.807, 2.05) is 18.2 Å². The molecule has 0 radical (unpaired) electrons. The molecule has 0 aliphatic heterocycles. The van der Waals surface area contributed by atoms with Crippen LogP contribution in [0.15, 0.2) is 30.3 Å². The van der Waals surface area contributed by atoms with Gasteiger partial charge in [-0.2, -0.15) is 0 Å². The smallest absolute Gasteiger partial charge is 0.315 e. The molecule has 1 nitrogen and oxygen atoms in total. The highest BCUT2D eigenvalue weighted by Gasteiger charge is 1.99. The Bertz CT molecular complexity index is 336. The van der Waals surface area contributed by atoms with Gasteiger partial charge >= 0.3 is 7.48 Å². The summed E-state index contributed by atoms with van der Waals surface area (Å²) in [4.78, 5) is 0. The molecule has 1 N–H and O–H groups in total. The van der Waals surface area contributed by atoms with Gasteiger partial charge in [0.2, 0.25) is 0 Å². The van der Waals surface area contributed by atoms with Crippen LogP contribution >= 0.6 is 11.3 Å². The Hall–Kier alpha value is -0.795. The Morgan fingerprint density at radius 1 is 1.27 bits per heavy atom. The van der Waals surface area contributed by atoms with E-state index in [0.29, 0.717) is 0 Å². The third-order valence-electron chi connectivity index (χ3n) is 1.63. The van der Waals surface area contributed by atoms with Gasteiger partial charge in [-0.15, -0.1) is 11.3 Å². The molecule has 0 saturated carbocycles. The van der Waals surface area contributed by atoms with Crippen molar-refractivity contribution in [3.8, 4) is 0 Å². The SMILES string of the molecule is OBc1cc2ccccc2s1. The Morgan fingerprint density at radius 2 is 2.09 bits per heavy atom. The van der Waals surface area contributed by atoms with Crippen LogP contribution in [0.25, 0.3) is 10.1 Å². The van der Waals surface area contributed by atoms with Gasteiger partial charge in [0.1, 0.15) is 0 Å². The summed E-state index contributed by atoms with van der Waals surface area (Å²) >= 11 is 1.65. The molecule has 0 fully saturated rings.